The van der Waals surface area contributed by atoms with Gasteiger partial charge in [-0.1, -0.05) is 48.0 Å². The molecule has 0 heterocycles. The van der Waals surface area contributed by atoms with Crippen molar-refractivity contribution >= 4 is 29.0 Å². The molecule has 3 rings (SSSR count). The van der Waals surface area contributed by atoms with Gasteiger partial charge in [0, 0.05) is 31.2 Å². The van der Waals surface area contributed by atoms with Gasteiger partial charge in [-0.05, 0) is 49.7 Å². The van der Waals surface area contributed by atoms with Crippen molar-refractivity contribution in [1.82, 2.24) is 5.32 Å². The SMILES string of the molecule is Cc1ccc(NC(=O)Nc2ccc(N(C)C)c(C(=O)N[C@@H](C)c3ccccc3)c2)cc1. The zero-order valence-corrected chi connectivity index (χ0v) is 18.3. The lowest BCUT2D eigenvalue weighted by molar-refractivity contribution is 0.0940. The molecule has 6 heteroatoms. The molecule has 3 amide bonds. The van der Waals surface area contributed by atoms with Crippen molar-refractivity contribution in [1.29, 1.82) is 0 Å². The van der Waals surface area contributed by atoms with Crippen LogP contribution in [0.1, 0.15) is 34.5 Å². The minimum atomic E-state index is -0.370. The molecule has 0 aliphatic carbocycles. The fourth-order valence-corrected chi connectivity index (χ4v) is 3.22. The molecule has 0 spiro atoms. The number of amides is 3. The summed E-state index contributed by atoms with van der Waals surface area (Å²) in [4.78, 5) is 27.3. The van der Waals surface area contributed by atoms with E-state index >= 15 is 0 Å². The van der Waals surface area contributed by atoms with Crippen LogP contribution in [0.5, 0.6) is 0 Å². The van der Waals surface area contributed by atoms with E-state index in [0.29, 0.717) is 16.9 Å². The number of anilines is 3. The molecule has 0 radical (unpaired) electrons. The summed E-state index contributed by atoms with van der Waals surface area (Å²) in [5.41, 5.74) is 4.62. The van der Waals surface area contributed by atoms with Crippen LogP contribution in [0.15, 0.2) is 72.8 Å². The summed E-state index contributed by atoms with van der Waals surface area (Å²) in [6.07, 6.45) is 0. The maximum Gasteiger partial charge on any atom is 0.323 e. The van der Waals surface area contributed by atoms with Crippen LogP contribution in [-0.2, 0) is 0 Å². The van der Waals surface area contributed by atoms with Crippen molar-refractivity contribution in [2.75, 3.05) is 29.6 Å². The Balaban J connectivity index is 1.76. The zero-order valence-electron chi connectivity index (χ0n) is 18.3. The van der Waals surface area contributed by atoms with Gasteiger partial charge in [0.05, 0.1) is 11.6 Å². The third kappa shape index (κ3) is 5.85. The predicted molar refractivity (Wildman–Crippen MR) is 127 cm³/mol. The number of hydrogen-bond acceptors (Lipinski definition) is 3. The minimum Gasteiger partial charge on any atom is -0.377 e. The molecular weight excluding hydrogens is 388 g/mol. The van der Waals surface area contributed by atoms with Gasteiger partial charge in [-0.25, -0.2) is 4.79 Å². The Morgan fingerprint density at radius 3 is 2.10 bits per heavy atom. The topological polar surface area (TPSA) is 73.5 Å². The highest BCUT2D eigenvalue weighted by Gasteiger charge is 2.17. The van der Waals surface area contributed by atoms with Gasteiger partial charge in [-0.3, -0.25) is 4.79 Å². The first-order valence-electron chi connectivity index (χ1n) is 10.2. The molecular formula is C25H28N4O2. The second-order valence-electron chi connectivity index (χ2n) is 7.68. The highest BCUT2D eigenvalue weighted by Crippen LogP contribution is 2.24. The Kier molecular flexibility index (Phi) is 6.92. The van der Waals surface area contributed by atoms with E-state index in [0.717, 1.165) is 16.8 Å². The van der Waals surface area contributed by atoms with Crippen LogP contribution in [0.3, 0.4) is 0 Å². The number of carbonyl (C=O) groups is 2. The van der Waals surface area contributed by atoms with Crippen LogP contribution >= 0.6 is 0 Å². The molecule has 0 aromatic heterocycles. The molecule has 0 aliphatic heterocycles. The fraction of sp³-hybridized carbons (Fsp3) is 0.200. The van der Waals surface area contributed by atoms with Crippen LogP contribution in [0, 0.1) is 6.92 Å². The van der Waals surface area contributed by atoms with Crippen molar-refractivity contribution in [3.8, 4) is 0 Å². The fourth-order valence-electron chi connectivity index (χ4n) is 3.22. The lowest BCUT2D eigenvalue weighted by Crippen LogP contribution is -2.28. The van der Waals surface area contributed by atoms with E-state index in [1.54, 1.807) is 12.1 Å². The molecule has 3 aromatic carbocycles. The summed E-state index contributed by atoms with van der Waals surface area (Å²) in [6.45, 7) is 3.93. The summed E-state index contributed by atoms with van der Waals surface area (Å²) in [7, 11) is 3.76. The summed E-state index contributed by atoms with van der Waals surface area (Å²) in [6, 6.07) is 22.1. The van der Waals surface area contributed by atoms with Crippen molar-refractivity contribution in [2.24, 2.45) is 0 Å². The maximum atomic E-state index is 13.0. The molecule has 0 aliphatic rings. The normalized spacial score (nSPS) is 11.4. The number of nitrogens with zero attached hydrogens (tertiary/aromatic N) is 1. The summed E-state index contributed by atoms with van der Waals surface area (Å²) < 4.78 is 0. The number of rotatable bonds is 6. The zero-order chi connectivity index (χ0) is 22.4. The van der Waals surface area contributed by atoms with Gasteiger partial charge in [0.15, 0.2) is 0 Å². The first-order chi connectivity index (χ1) is 14.8. The van der Waals surface area contributed by atoms with E-state index in [2.05, 4.69) is 16.0 Å². The van der Waals surface area contributed by atoms with Crippen LogP contribution in [-0.4, -0.2) is 26.0 Å². The van der Waals surface area contributed by atoms with Crippen molar-refractivity contribution < 1.29 is 9.59 Å². The molecule has 31 heavy (non-hydrogen) atoms. The number of benzene rings is 3. The summed E-state index contributed by atoms with van der Waals surface area (Å²) in [5, 5.41) is 8.64. The van der Waals surface area contributed by atoms with E-state index in [1.165, 1.54) is 0 Å². The smallest absolute Gasteiger partial charge is 0.323 e. The Morgan fingerprint density at radius 2 is 1.45 bits per heavy atom. The largest absolute Gasteiger partial charge is 0.377 e. The van der Waals surface area contributed by atoms with Crippen molar-refractivity contribution in [3.63, 3.8) is 0 Å². The number of nitrogens with one attached hydrogen (secondary N) is 3. The lowest BCUT2D eigenvalue weighted by atomic mass is 10.1. The van der Waals surface area contributed by atoms with Crippen molar-refractivity contribution in [3.05, 3.63) is 89.5 Å². The highest BCUT2D eigenvalue weighted by atomic mass is 16.2. The number of aryl methyl sites for hydroxylation is 1. The number of hydrogen-bond donors (Lipinski definition) is 3. The highest BCUT2D eigenvalue weighted by molar-refractivity contribution is 6.04. The Hall–Kier alpha value is -3.80. The first-order valence-corrected chi connectivity index (χ1v) is 10.2. The Morgan fingerprint density at radius 1 is 0.839 bits per heavy atom. The second-order valence-corrected chi connectivity index (χ2v) is 7.68. The molecule has 0 unspecified atom stereocenters. The van der Waals surface area contributed by atoms with Crippen LogP contribution in [0.4, 0.5) is 21.9 Å². The summed E-state index contributed by atoms with van der Waals surface area (Å²) in [5.74, 6) is -0.206. The first kappa shape index (κ1) is 21.9. The molecule has 0 bridgehead atoms. The van der Waals surface area contributed by atoms with Crippen LogP contribution in [0.2, 0.25) is 0 Å². The number of carbonyl (C=O) groups excluding carboxylic acids is 2. The number of urea groups is 1. The monoisotopic (exact) mass is 416 g/mol. The second kappa shape index (κ2) is 9.80. The van der Waals surface area contributed by atoms with Gasteiger partial charge in [-0.2, -0.15) is 0 Å². The van der Waals surface area contributed by atoms with Crippen LogP contribution < -0.4 is 20.9 Å². The van der Waals surface area contributed by atoms with Gasteiger partial charge in [0.25, 0.3) is 5.91 Å². The third-order valence-electron chi connectivity index (χ3n) is 4.94. The van der Waals surface area contributed by atoms with E-state index in [1.807, 2.05) is 93.5 Å². The lowest BCUT2D eigenvalue weighted by Gasteiger charge is -2.20. The minimum absolute atomic E-state index is 0.148. The Labute approximate surface area is 183 Å². The van der Waals surface area contributed by atoms with Crippen molar-refractivity contribution in [2.45, 2.75) is 19.9 Å². The third-order valence-corrected chi connectivity index (χ3v) is 4.94. The molecule has 6 nitrogen and oxygen atoms in total. The average Bonchev–Trinajstić information content (AvgIpc) is 2.75. The molecule has 0 saturated heterocycles. The van der Waals surface area contributed by atoms with E-state index in [9.17, 15) is 9.59 Å². The van der Waals surface area contributed by atoms with Gasteiger partial charge < -0.3 is 20.9 Å². The van der Waals surface area contributed by atoms with E-state index in [4.69, 9.17) is 0 Å². The van der Waals surface area contributed by atoms with Crippen LogP contribution in [0.25, 0.3) is 0 Å². The molecule has 0 saturated carbocycles. The van der Waals surface area contributed by atoms with Gasteiger partial charge >= 0.3 is 6.03 Å². The van der Waals surface area contributed by atoms with E-state index in [-0.39, 0.29) is 18.0 Å². The molecule has 3 N–H and O–H groups in total. The standard InChI is InChI=1S/C25H28N4O2/c1-17-10-12-20(13-11-17)27-25(31)28-21-14-15-23(29(3)4)22(16-21)24(30)26-18(2)19-8-6-5-7-9-19/h5-16,18H,1-4H3,(H,26,30)(H2,27,28,31)/t18-/m0/s1. The van der Waals surface area contributed by atoms with Gasteiger partial charge in [-0.15, -0.1) is 0 Å². The molecule has 160 valence electrons. The Bertz CT molecular complexity index is 1050. The molecule has 1 atom stereocenters. The maximum absolute atomic E-state index is 13.0. The molecule has 3 aromatic rings. The van der Waals surface area contributed by atoms with E-state index < -0.39 is 0 Å². The molecule has 0 fully saturated rings. The quantitative estimate of drug-likeness (QED) is 0.517. The van der Waals surface area contributed by atoms with Gasteiger partial charge in [0.2, 0.25) is 0 Å². The summed E-state index contributed by atoms with van der Waals surface area (Å²) >= 11 is 0. The predicted octanol–water partition coefficient (Wildman–Crippen LogP) is 5.20. The van der Waals surface area contributed by atoms with Gasteiger partial charge in [0.1, 0.15) is 0 Å². The average molecular weight is 417 g/mol.